The maximum Gasteiger partial charge on any atom is 0.163 e. The molecule has 0 atom stereocenters. The van der Waals surface area contributed by atoms with Crippen LogP contribution in [0.4, 0.5) is 0 Å². The van der Waals surface area contributed by atoms with Crippen LogP contribution in [-0.4, -0.2) is 12.4 Å². The fraction of sp³-hybridized carbons (Fsp3) is 0.235. The molecule has 0 fully saturated rings. The number of para-hydroxylation sites is 1. The molecule has 4 rings (SSSR count). The molecule has 2 aromatic rings. The van der Waals surface area contributed by atoms with Crippen molar-refractivity contribution in [2.24, 2.45) is 0 Å². The minimum Gasteiger partial charge on any atom is -0.492 e. The first kappa shape index (κ1) is 10.8. The van der Waals surface area contributed by atoms with Crippen molar-refractivity contribution in [1.82, 2.24) is 0 Å². The number of rotatable bonds is 1. The van der Waals surface area contributed by atoms with Gasteiger partial charge >= 0.3 is 0 Å². The summed E-state index contributed by atoms with van der Waals surface area (Å²) >= 11 is 0. The zero-order valence-corrected chi connectivity index (χ0v) is 10.6. The summed E-state index contributed by atoms with van der Waals surface area (Å²) in [6.07, 6.45) is 2.48. The molecular formula is C17H14O2. The molecule has 19 heavy (non-hydrogen) atoms. The molecule has 0 unspecified atom stereocenters. The van der Waals surface area contributed by atoms with E-state index in [1.54, 1.807) is 0 Å². The fourth-order valence-corrected chi connectivity index (χ4v) is 3.17. The first-order valence-electron chi connectivity index (χ1n) is 6.75. The van der Waals surface area contributed by atoms with Crippen molar-refractivity contribution in [3.8, 4) is 16.9 Å². The molecule has 0 saturated carbocycles. The van der Waals surface area contributed by atoms with Crippen LogP contribution in [0, 0.1) is 0 Å². The number of hydrogen-bond donors (Lipinski definition) is 0. The molecule has 0 N–H and O–H groups in total. The second kappa shape index (κ2) is 3.95. The highest BCUT2D eigenvalue weighted by molar-refractivity contribution is 6.02. The van der Waals surface area contributed by atoms with Gasteiger partial charge in [0, 0.05) is 24.0 Å². The third-order valence-corrected chi connectivity index (χ3v) is 4.08. The number of fused-ring (bicyclic) bond motifs is 2. The van der Waals surface area contributed by atoms with Gasteiger partial charge < -0.3 is 4.74 Å². The fourth-order valence-electron chi connectivity index (χ4n) is 3.17. The third-order valence-electron chi connectivity index (χ3n) is 4.08. The van der Waals surface area contributed by atoms with Gasteiger partial charge in [-0.2, -0.15) is 0 Å². The van der Waals surface area contributed by atoms with E-state index in [9.17, 15) is 4.79 Å². The summed E-state index contributed by atoms with van der Waals surface area (Å²) in [5.74, 6) is 1.28. The zero-order valence-electron chi connectivity index (χ0n) is 10.6. The maximum atomic E-state index is 11.9. The number of carbonyl (C=O) groups excluding carboxylic acids is 1. The van der Waals surface area contributed by atoms with Gasteiger partial charge in [-0.25, -0.2) is 0 Å². The van der Waals surface area contributed by atoms with Crippen molar-refractivity contribution in [2.75, 3.05) is 6.61 Å². The number of hydrogen-bond acceptors (Lipinski definition) is 2. The third kappa shape index (κ3) is 1.53. The molecular weight excluding hydrogens is 236 g/mol. The molecule has 0 saturated heterocycles. The molecule has 0 amide bonds. The lowest BCUT2D eigenvalue weighted by atomic mass is 9.95. The molecule has 2 aromatic carbocycles. The summed E-state index contributed by atoms with van der Waals surface area (Å²) in [5.41, 5.74) is 5.67. The summed E-state index contributed by atoms with van der Waals surface area (Å²) in [5, 5.41) is 0. The first-order valence-corrected chi connectivity index (χ1v) is 6.75. The smallest absolute Gasteiger partial charge is 0.163 e. The first-order chi connectivity index (χ1) is 9.34. The maximum absolute atomic E-state index is 11.9. The highest BCUT2D eigenvalue weighted by atomic mass is 16.5. The molecule has 94 valence electrons. The van der Waals surface area contributed by atoms with Crippen LogP contribution >= 0.6 is 0 Å². The normalized spacial score (nSPS) is 16.1. The molecule has 1 heterocycles. The molecule has 1 aliphatic heterocycles. The van der Waals surface area contributed by atoms with E-state index >= 15 is 0 Å². The van der Waals surface area contributed by atoms with Crippen LogP contribution in [0.25, 0.3) is 11.1 Å². The Bertz CT molecular complexity index is 686. The number of Topliss-reactive ketones (excluding diaryl/α,β-unsaturated/α-hetero) is 1. The molecule has 1 aliphatic carbocycles. The van der Waals surface area contributed by atoms with Crippen molar-refractivity contribution in [2.45, 2.75) is 19.3 Å². The van der Waals surface area contributed by atoms with Crippen LogP contribution in [0.15, 0.2) is 36.4 Å². The highest BCUT2D eigenvalue weighted by Gasteiger charge is 2.25. The predicted molar refractivity (Wildman–Crippen MR) is 73.7 cm³/mol. The van der Waals surface area contributed by atoms with Gasteiger partial charge in [-0.3, -0.25) is 4.79 Å². The monoisotopic (exact) mass is 250 g/mol. The van der Waals surface area contributed by atoms with Crippen LogP contribution < -0.4 is 4.74 Å². The standard InChI is InChI=1S/C17H14O2/c18-16-8-7-13-12(4-2-5-14(13)16)15-6-1-3-11-9-10-19-17(11)15/h1-6H,7-10H2. The van der Waals surface area contributed by atoms with Crippen molar-refractivity contribution < 1.29 is 9.53 Å². The largest absolute Gasteiger partial charge is 0.492 e. The van der Waals surface area contributed by atoms with Crippen molar-refractivity contribution in [1.29, 1.82) is 0 Å². The Kier molecular flexibility index (Phi) is 2.25. The Balaban J connectivity index is 1.96. The van der Waals surface area contributed by atoms with Crippen LogP contribution in [-0.2, 0) is 12.8 Å². The number of ketones is 1. The Labute approximate surface area is 112 Å². The highest BCUT2D eigenvalue weighted by Crippen LogP contribution is 2.40. The summed E-state index contributed by atoms with van der Waals surface area (Å²) in [4.78, 5) is 11.9. The van der Waals surface area contributed by atoms with Gasteiger partial charge in [-0.15, -0.1) is 0 Å². The van der Waals surface area contributed by atoms with Gasteiger partial charge in [0.05, 0.1) is 6.61 Å². The average molecular weight is 250 g/mol. The summed E-state index contributed by atoms with van der Waals surface area (Å²) in [6, 6.07) is 12.3. The molecule has 0 radical (unpaired) electrons. The van der Waals surface area contributed by atoms with Gasteiger partial charge in [0.25, 0.3) is 0 Å². The minimum atomic E-state index is 0.269. The predicted octanol–water partition coefficient (Wildman–Crippen LogP) is 3.42. The van der Waals surface area contributed by atoms with Crippen LogP contribution in [0.3, 0.4) is 0 Å². The van der Waals surface area contributed by atoms with E-state index in [1.165, 1.54) is 16.7 Å². The zero-order chi connectivity index (χ0) is 12.8. The lowest BCUT2D eigenvalue weighted by Gasteiger charge is -2.11. The average Bonchev–Trinajstić information content (AvgIpc) is 3.05. The number of carbonyl (C=O) groups is 1. The Morgan fingerprint density at radius 1 is 0.842 bits per heavy atom. The Hall–Kier alpha value is -2.09. The second-order valence-electron chi connectivity index (χ2n) is 5.15. The van der Waals surface area contributed by atoms with Crippen molar-refractivity contribution in [3.63, 3.8) is 0 Å². The molecule has 0 spiro atoms. The van der Waals surface area contributed by atoms with Crippen LogP contribution in [0.5, 0.6) is 5.75 Å². The summed E-state index contributed by atoms with van der Waals surface area (Å²) in [6.45, 7) is 0.764. The molecule has 0 aromatic heterocycles. The van der Waals surface area contributed by atoms with E-state index in [1.807, 2.05) is 12.1 Å². The van der Waals surface area contributed by atoms with Gasteiger partial charge in [0.15, 0.2) is 5.78 Å². The van der Waals surface area contributed by atoms with E-state index in [2.05, 4.69) is 24.3 Å². The van der Waals surface area contributed by atoms with E-state index in [-0.39, 0.29) is 5.78 Å². The Morgan fingerprint density at radius 3 is 2.58 bits per heavy atom. The topological polar surface area (TPSA) is 26.3 Å². The van der Waals surface area contributed by atoms with Crippen molar-refractivity contribution in [3.05, 3.63) is 53.1 Å². The van der Waals surface area contributed by atoms with E-state index in [0.717, 1.165) is 36.3 Å². The summed E-state index contributed by atoms with van der Waals surface area (Å²) < 4.78 is 5.79. The quantitative estimate of drug-likeness (QED) is 0.775. The molecule has 0 bridgehead atoms. The van der Waals surface area contributed by atoms with Gasteiger partial charge in [0.1, 0.15) is 5.75 Å². The SMILES string of the molecule is O=C1CCc2c1cccc2-c1cccc2c1OCC2. The van der Waals surface area contributed by atoms with E-state index in [4.69, 9.17) is 4.74 Å². The number of ether oxygens (including phenoxy) is 1. The molecule has 2 heteroatoms. The van der Waals surface area contributed by atoms with E-state index < -0.39 is 0 Å². The molecule has 2 nitrogen and oxygen atoms in total. The number of benzene rings is 2. The minimum absolute atomic E-state index is 0.269. The summed E-state index contributed by atoms with van der Waals surface area (Å²) in [7, 11) is 0. The molecule has 2 aliphatic rings. The lowest BCUT2D eigenvalue weighted by molar-refractivity contribution is 0.0994. The van der Waals surface area contributed by atoms with E-state index in [0.29, 0.717) is 6.42 Å². The Morgan fingerprint density at radius 2 is 1.63 bits per heavy atom. The second-order valence-corrected chi connectivity index (χ2v) is 5.15. The lowest BCUT2D eigenvalue weighted by Crippen LogP contribution is -1.94. The van der Waals surface area contributed by atoms with Crippen LogP contribution in [0.2, 0.25) is 0 Å². The van der Waals surface area contributed by atoms with Gasteiger partial charge in [0.2, 0.25) is 0 Å². The van der Waals surface area contributed by atoms with Gasteiger partial charge in [-0.05, 0) is 23.1 Å². The van der Waals surface area contributed by atoms with Crippen molar-refractivity contribution >= 4 is 5.78 Å². The van der Waals surface area contributed by atoms with Gasteiger partial charge in [-0.1, -0.05) is 36.4 Å². The van der Waals surface area contributed by atoms with Crippen LogP contribution in [0.1, 0.15) is 27.9 Å².